The summed E-state index contributed by atoms with van der Waals surface area (Å²) >= 11 is 10.4. The van der Waals surface area contributed by atoms with E-state index < -0.39 is 0 Å². The monoisotopic (exact) mass is 250 g/mol. The first-order chi connectivity index (χ1) is 7.25. The molecule has 15 heavy (non-hydrogen) atoms. The van der Waals surface area contributed by atoms with Gasteiger partial charge in [0.1, 0.15) is 0 Å². The summed E-state index contributed by atoms with van der Waals surface area (Å²) in [4.78, 5) is 4.37. The lowest BCUT2D eigenvalue weighted by Gasteiger charge is -2.04. The Labute approximate surface area is 105 Å². The smallest absolute Gasteiger partial charge is 0.0255 e. The third-order valence-corrected chi connectivity index (χ3v) is 3.85. The molecule has 2 rings (SSSR count). The van der Waals surface area contributed by atoms with E-state index in [1.165, 1.54) is 9.79 Å². The molecule has 0 aliphatic carbocycles. The van der Waals surface area contributed by atoms with Crippen molar-refractivity contribution in [2.24, 2.45) is 0 Å². The van der Waals surface area contributed by atoms with Crippen LogP contribution < -0.4 is 0 Å². The van der Waals surface area contributed by atoms with Gasteiger partial charge in [-0.2, -0.15) is 0 Å². The van der Waals surface area contributed by atoms with E-state index in [2.05, 4.69) is 43.5 Å². The number of rotatable bonds is 2. The first-order valence-corrected chi connectivity index (χ1v) is 6.22. The second-order valence-electron chi connectivity index (χ2n) is 3.06. The second-order valence-corrected chi connectivity index (χ2v) is 5.18. The minimum atomic E-state index is 0.985. The topological polar surface area (TPSA) is 0 Å². The predicted molar refractivity (Wildman–Crippen MR) is 71.5 cm³/mol. The molecule has 0 unspecified atom stereocenters. The highest BCUT2D eigenvalue weighted by Crippen LogP contribution is 2.32. The van der Waals surface area contributed by atoms with Gasteiger partial charge < -0.3 is 0 Å². The zero-order valence-electron chi connectivity index (χ0n) is 7.92. The van der Waals surface area contributed by atoms with Gasteiger partial charge in [-0.25, -0.2) is 0 Å². The van der Waals surface area contributed by atoms with Gasteiger partial charge >= 0.3 is 0 Å². The molecular formula is C12H10S3. The molecule has 0 N–H and O–H groups in total. The lowest BCUT2D eigenvalue weighted by atomic mass is 10.4. The van der Waals surface area contributed by atoms with Crippen molar-refractivity contribution < 1.29 is 0 Å². The van der Waals surface area contributed by atoms with Gasteiger partial charge in [-0.3, -0.25) is 0 Å². The Bertz CT molecular complexity index is 449. The largest absolute Gasteiger partial charge is 0.143 e. The molecule has 0 heterocycles. The van der Waals surface area contributed by atoms with E-state index in [-0.39, 0.29) is 0 Å². The highest BCUT2D eigenvalue weighted by Gasteiger charge is 2.00. The molecular weight excluding hydrogens is 240 g/mol. The van der Waals surface area contributed by atoms with Crippen molar-refractivity contribution in [3.63, 3.8) is 0 Å². The Kier molecular flexibility index (Phi) is 3.67. The highest BCUT2D eigenvalue weighted by molar-refractivity contribution is 7.99. The lowest BCUT2D eigenvalue weighted by Crippen LogP contribution is -1.75. The van der Waals surface area contributed by atoms with E-state index in [4.69, 9.17) is 0 Å². The van der Waals surface area contributed by atoms with E-state index in [1.807, 2.05) is 30.3 Å². The zero-order valence-corrected chi connectivity index (χ0v) is 10.5. The van der Waals surface area contributed by atoms with Gasteiger partial charge in [0.25, 0.3) is 0 Å². The van der Waals surface area contributed by atoms with Crippen LogP contribution in [0.4, 0.5) is 0 Å². The fourth-order valence-electron chi connectivity index (χ4n) is 1.18. The SMILES string of the molecule is Sc1ccc(Sc2ccccc2S)cc1. The van der Waals surface area contributed by atoms with Gasteiger partial charge in [-0.05, 0) is 36.4 Å². The normalized spacial score (nSPS) is 10.3. The van der Waals surface area contributed by atoms with Crippen LogP contribution in [0.1, 0.15) is 0 Å². The van der Waals surface area contributed by atoms with Gasteiger partial charge in [0.15, 0.2) is 0 Å². The number of hydrogen-bond donors (Lipinski definition) is 2. The maximum absolute atomic E-state index is 4.41. The van der Waals surface area contributed by atoms with Crippen molar-refractivity contribution in [2.75, 3.05) is 0 Å². The summed E-state index contributed by atoms with van der Waals surface area (Å²) < 4.78 is 0. The summed E-state index contributed by atoms with van der Waals surface area (Å²) in [5.41, 5.74) is 0. The molecule has 0 saturated carbocycles. The van der Waals surface area contributed by atoms with Gasteiger partial charge in [0.2, 0.25) is 0 Å². The average Bonchev–Trinajstić information content (AvgIpc) is 2.25. The third kappa shape index (κ3) is 2.97. The molecule has 0 aromatic heterocycles. The molecule has 3 heteroatoms. The molecule has 0 aliphatic heterocycles. The zero-order chi connectivity index (χ0) is 10.7. The minimum absolute atomic E-state index is 0.985. The Hall–Kier alpha value is -0.510. The molecule has 0 fully saturated rings. The van der Waals surface area contributed by atoms with Gasteiger partial charge in [0.05, 0.1) is 0 Å². The fourth-order valence-corrected chi connectivity index (χ4v) is 2.48. The van der Waals surface area contributed by atoms with Gasteiger partial charge in [-0.1, -0.05) is 23.9 Å². The molecule has 0 atom stereocenters. The first kappa shape index (κ1) is 11.0. The van der Waals surface area contributed by atoms with E-state index in [9.17, 15) is 0 Å². The van der Waals surface area contributed by atoms with Crippen LogP contribution in [0, 0.1) is 0 Å². The number of hydrogen-bond acceptors (Lipinski definition) is 3. The van der Waals surface area contributed by atoms with Crippen molar-refractivity contribution in [3.05, 3.63) is 48.5 Å². The second kappa shape index (κ2) is 5.01. The van der Waals surface area contributed by atoms with Crippen molar-refractivity contribution in [3.8, 4) is 0 Å². The molecule has 0 nitrogen and oxygen atoms in total. The Morgan fingerprint density at radius 2 is 1.47 bits per heavy atom. The minimum Gasteiger partial charge on any atom is -0.143 e. The molecule has 2 aromatic carbocycles. The van der Waals surface area contributed by atoms with E-state index >= 15 is 0 Å². The molecule has 0 saturated heterocycles. The average molecular weight is 250 g/mol. The maximum atomic E-state index is 4.41. The summed E-state index contributed by atoms with van der Waals surface area (Å²) in [6, 6.07) is 16.2. The fraction of sp³-hybridized carbons (Fsp3) is 0. The summed E-state index contributed by atoms with van der Waals surface area (Å²) in [7, 11) is 0. The van der Waals surface area contributed by atoms with Crippen molar-refractivity contribution in [2.45, 2.75) is 19.6 Å². The summed E-state index contributed by atoms with van der Waals surface area (Å²) in [6.07, 6.45) is 0. The Morgan fingerprint density at radius 1 is 0.800 bits per heavy atom. The summed E-state index contributed by atoms with van der Waals surface area (Å²) in [5.74, 6) is 0. The molecule has 76 valence electrons. The standard InChI is InChI=1S/C12H10S3/c13-9-5-7-10(8-6-9)15-12-4-2-1-3-11(12)14/h1-8,13-14H. The van der Waals surface area contributed by atoms with Crippen LogP contribution in [0.3, 0.4) is 0 Å². The Balaban J connectivity index is 2.22. The van der Waals surface area contributed by atoms with E-state index in [1.54, 1.807) is 11.8 Å². The van der Waals surface area contributed by atoms with Crippen LogP contribution in [-0.2, 0) is 0 Å². The van der Waals surface area contributed by atoms with Crippen LogP contribution in [0.5, 0.6) is 0 Å². The number of thiol groups is 2. The van der Waals surface area contributed by atoms with Crippen LogP contribution in [0.25, 0.3) is 0 Å². The third-order valence-electron chi connectivity index (χ3n) is 1.93. The van der Waals surface area contributed by atoms with Crippen LogP contribution in [-0.4, -0.2) is 0 Å². The van der Waals surface area contributed by atoms with Crippen molar-refractivity contribution in [1.29, 1.82) is 0 Å². The predicted octanol–water partition coefficient (Wildman–Crippen LogP) is 4.42. The van der Waals surface area contributed by atoms with Crippen LogP contribution in [0.15, 0.2) is 68.1 Å². The molecule has 0 bridgehead atoms. The van der Waals surface area contributed by atoms with Crippen molar-refractivity contribution >= 4 is 37.0 Å². The van der Waals surface area contributed by atoms with Crippen LogP contribution in [0.2, 0.25) is 0 Å². The summed E-state index contributed by atoms with van der Waals surface area (Å²) in [5, 5.41) is 0. The first-order valence-electron chi connectivity index (χ1n) is 4.50. The molecule has 2 aromatic rings. The van der Waals surface area contributed by atoms with Crippen molar-refractivity contribution in [1.82, 2.24) is 0 Å². The molecule has 0 spiro atoms. The molecule has 0 radical (unpaired) electrons. The lowest BCUT2D eigenvalue weighted by molar-refractivity contribution is 1.25. The van der Waals surface area contributed by atoms with E-state index in [0.29, 0.717) is 0 Å². The van der Waals surface area contributed by atoms with Gasteiger partial charge in [0, 0.05) is 19.6 Å². The number of benzene rings is 2. The maximum Gasteiger partial charge on any atom is 0.0255 e. The van der Waals surface area contributed by atoms with E-state index in [0.717, 1.165) is 9.79 Å². The quantitative estimate of drug-likeness (QED) is 0.744. The van der Waals surface area contributed by atoms with Crippen LogP contribution >= 0.6 is 37.0 Å². The Morgan fingerprint density at radius 3 is 2.13 bits per heavy atom. The van der Waals surface area contributed by atoms with Gasteiger partial charge in [-0.15, -0.1) is 25.3 Å². The molecule has 0 aliphatic rings. The highest BCUT2D eigenvalue weighted by atomic mass is 32.2. The molecule has 0 amide bonds. The summed E-state index contributed by atoms with van der Waals surface area (Å²) in [6.45, 7) is 0.